The molecular formula is C16H17F3N2. The first-order valence-electron chi connectivity index (χ1n) is 6.80. The number of nitrogens with zero attached hydrogens (tertiary/aromatic N) is 1. The van der Waals surface area contributed by atoms with Crippen LogP contribution in [-0.2, 0) is 6.42 Å². The standard InChI is InChI=1S/C16H17F3N2/c1-3-20-15(8-12-5-4-10(2)9-21-12)11-6-13(17)16(19)14(18)7-11/h4-7,9,15,20H,3,8H2,1-2H3. The van der Waals surface area contributed by atoms with Crippen LogP contribution in [0.25, 0.3) is 0 Å². The monoisotopic (exact) mass is 294 g/mol. The van der Waals surface area contributed by atoms with Gasteiger partial charge in [0, 0.05) is 24.4 Å². The molecule has 0 amide bonds. The highest BCUT2D eigenvalue weighted by Crippen LogP contribution is 2.22. The van der Waals surface area contributed by atoms with Crippen LogP contribution in [0.2, 0.25) is 0 Å². The molecule has 0 aliphatic heterocycles. The number of aromatic nitrogens is 1. The normalized spacial score (nSPS) is 12.4. The fourth-order valence-electron chi connectivity index (χ4n) is 2.16. The van der Waals surface area contributed by atoms with Crippen molar-refractivity contribution in [1.29, 1.82) is 0 Å². The molecule has 0 saturated carbocycles. The molecule has 112 valence electrons. The minimum Gasteiger partial charge on any atom is -0.310 e. The van der Waals surface area contributed by atoms with Crippen LogP contribution in [-0.4, -0.2) is 11.5 Å². The predicted molar refractivity (Wildman–Crippen MR) is 75.4 cm³/mol. The maximum absolute atomic E-state index is 13.4. The number of nitrogens with one attached hydrogen (secondary N) is 1. The summed E-state index contributed by atoms with van der Waals surface area (Å²) in [6, 6.07) is 5.53. The number of rotatable bonds is 5. The van der Waals surface area contributed by atoms with Crippen molar-refractivity contribution >= 4 is 0 Å². The second-order valence-corrected chi connectivity index (χ2v) is 4.94. The van der Waals surface area contributed by atoms with Crippen LogP contribution < -0.4 is 5.32 Å². The predicted octanol–water partition coefficient (Wildman–Crippen LogP) is 3.70. The first-order chi connectivity index (χ1) is 10.0. The van der Waals surface area contributed by atoms with E-state index in [1.165, 1.54) is 0 Å². The van der Waals surface area contributed by atoms with E-state index in [4.69, 9.17) is 0 Å². The summed E-state index contributed by atoms with van der Waals surface area (Å²) in [5.41, 5.74) is 2.21. The highest BCUT2D eigenvalue weighted by molar-refractivity contribution is 5.25. The van der Waals surface area contributed by atoms with Crippen molar-refractivity contribution < 1.29 is 13.2 Å². The van der Waals surface area contributed by atoms with Gasteiger partial charge in [-0.15, -0.1) is 0 Å². The molecule has 21 heavy (non-hydrogen) atoms. The van der Waals surface area contributed by atoms with Crippen LogP contribution in [0.3, 0.4) is 0 Å². The molecule has 5 heteroatoms. The molecule has 2 aromatic rings. The van der Waals surface area contributed by atoms with Crippen molar-refractivity contribution in [2.24, 2.45) is 0 Å². The molecule has 1 heterocycles. The molecule has 0 bridgehead atoms. The largest absolute Gasteiger partial charge is 0.310 e. The summed E-state index contributed by atoms with van der Waals surface area (Å²) in [6.07, 6.45) is 2.21. The topological polar surface area (TPSA) is 24.9 Å². The van der Waals surface area contributed by atoms with Gasteiger partial charge in [0.1, 0.15) is 0 Å². The minimum absolute atomic E-state index is 0.324. The second kappa shape index (κ2) is 6.72. The molecule has 1 atom stereocenters. The van der Waals surface area contributed by atoms with Crippen molar-refractivity contribution in [3.05, 3.63) is 64.7 Å². The van der Waals surface area contributed by atoms with Crippen molar-refractivity contribution in [1.82, 2.24) is 10.3 Å². The molecular weight excluding hydrogens is 277 g/mol. The average Bonchev–Trinajstić information content (AvgIpc) is 2.46. The molecule has 1 N–H and O–H groups in total. The molecule has 0 fully saturated rings. The molecule has 2 nitrogen and oxygen atoms in total. The number of benzene rings is 1. The van der Waals surface area contributed by atoms with Crippen molar-refractivity contribution in [3.8, 4) is 0 Å². The molecule has 0 spiro atoms. The Hall–Kier alpha value is -1.88. The van der Waals surface area contributed by atoms with Gasteiger partial charge in [0.05, 0.1) is 0 Å². The smallest absolute Gasteiger partial charge is 0.194 e. The Labute approximate surface area is 122 Å². The molecule has 1 aromatic heterocycles. The summed E-state index contributed by atoms with van der Waals surface area (Å²) in [7, 11) is 0. The zero-order chi connectivity index (χ0) is 15.4. The number of aryl methyl sites for hydroxylation is 1. The third kappa shape index (κ3) is 3.82. The summed E-state index contributed by atoms with van der Waals surface area (Å²) in [5.74, 6) is -3.79. The molecule has 0 saturated heterocycles. The van der Waals surface area contributed by atoms with E-state index in [9.17, 15) is 13.2 Å². The molecule has 2 rings (SSSR count). The molecule has 0 radical (unpaired) electrons. The van der Waals surface area contributed by atoms with E-state index in [1.54, 1.807) is 6.20 Å². The maximum Gasteiger partial charge on any atom is 0.194 e. The lowest BCUT2D eigenvalue weighted by Gasteiger charge is -2.18. The summed E-state index contributed by atoms with van der Waals surface area (Å²) in [5, 5.41) is 3.14. The van der Waals surface area contributed by atoms with Crippen molar-refractivity contribution in [3.63, 3.8) is 0 Å². The van der Waals surface area contributed by atoms with Crippen LogP contribution in [0.15, 0.2) is 30.5 Å². The van der Waals surface area contributed by atoms with Gasteiger partial charge in [-0.05, 0) is 42.8 Å². The average molecular weight is 294 g/mol. The van der Waals surface area contributed by atoms with E-state index >= 15 is 0 Å². The van der Waals surface area contributed by atoms with Crippen molar-refractivity contribution in [2.75, 3.05) is 6.54 Å². The summed E-state index contributed by atoms with van der Waals surface area (Å²) in [4.78, 5) is 4.29. The van der Waals surface area contributed by atoms with Crippen molar-refractivity contribution in [2.45, 2.75) is 26.3 Å². The summed E-state index contributed by atoms with van der Waals surface area (Å²) >= 11 is 0. The Kier molecular flexibility index (Phi) is 4.96. The lowest BCUT2D eigenvalue weighted by Crippen LogP contribution is -2.23. The Balaban J connectivity index is 2.28. The van der Waals surface area contributed by atoms with Gasteiger partial charge in [-0.2, -0.15) is 0 Å². The number of hydrogen-bond acceptors (Lipinski definition) is 2. The number of pyridine rings is 1. The van der Waals surface area contributed by atoms with Gasteiger partial charge in [-0.1, -0.05) is 13.0 Å². The third-order valence-corrected chi connectivity index (χ3v) is 3.24. The van der Waals surface area contributed by atoms with E-state index in [0.29, 0.717) is 18.5 Å². The molecule has 1 unspecified atom stereocenters. The summed E-state index contributed by atoms with van der Waals surface area (Å²) in [6.45, 7) is 4.45. The fourth-order valence-corrected chi connectivity index (χ4v) is 2.16. The Morgan fingerprint density at radius 3 is 2.33 bits per heavy atom. The minimum atomic E-state index is -1.44. The van der Waals surface area contributed by atoms with Crippen LogP contribution in [0, 0.1) is 24.4 Å². The molecule has 0 aliphatic carbocycles. The SMILES string of the molecule is CCNC(Cc1ccc(C)cn1)c1cc(F)c(F)c(F)c1. The van der Waals surface area contributed by atoms with Crippen LogP contribution in [0.5, 0.6) is 0 Å². The van der Waals surface area contributed by atoms with Gasteiger partial charge >= 0.3 is 0 Å². The first kappa shape index (κ1) is 15.5. The van der Waals surface area contributed by atoms with Crippen LogP contribution in [0.1, 0.15) is 29.8 Å². The van der Waals surface area contributed by atoms with Gasteiger partial charge in [0.15, 0.2) is 17.5 Å². The van der Waals surface area contributed by atoms with E-state index in [-0.39, 0.29) is 6.04 Å². The maximum atomic E-state index is 13.4. The van der Waals surface area contributed by atoms with Gasteiger partial charge in [0.2, 0.25) is 0 Å². The number of hydrogen-bond donors (Lipinski definition) is 1. The zero-order valence-electron chi connectivity index (χ0n) is 12.0. The summed E-state index contributed by atoms with van der Waals surface area (Å²) < 4.78 is 39.8. The van der Waals surface area contributed by atoms with Gasteiger partial charge in [0.25, 0.3) is 0 Å². The molecule has 0 aliphatic rings. The lowest BCUT2D eigenvalue weighted by atomic mass is 10.0. The quantitative estimate of drug-likeness (QED) is 0.851. The van der Waals surface area contributed by atoms with Crippen LogP contribution in [0.4, 0.5) is 13.2 Å². The van der Waals surface area contributed by atoms with E-state index in [1.807, 2.05) is 26.0 Å². The Morgan fingerprint density at radius 1 is 1.14 bits per heavy atom. The number of likely N-dealkylation sites (N-methyl/N-ethyl adjacent to an activating group) is 1. The highest BCUT2D eigenvalue weighted by Gasteiger charge is 2.17. The second-order valence-electron chi connectivity index (χ2n) is 4.94. The Bertz CT molecular complexity index is 588. The van der Waals surface area contributed by atoms with Gasteiger partial charge in [-0.25, -0.2) is 13.2 Å². The lowest BCUT2D eigenvalue weighted by molar-refractivity contribution is 0.439. The zero-order valence-corrected chi connectivity index (χ0v) is 12.0. The first-order valence-corrected chi connectivity index (χ1v) is 6.80. The highest BCUT2D eigenvalue weighted by atomic mass is 19.2. The molecule has 1 aromatic carbocycles. The third-order valence-electron chi connectivity index (χ3n) is 3.24. The number of halogens is 3. The van der Waals surface area contributed by atoms with Gasteiger partial charge < -0.3 is 5.32 Å². The Morgan fingerprint density at radius 2 is 1.81 bits per heavy atom. The van der Waals surface area contributed by atoms with Gasteiger partial charge in [-0.3, -0.25) is 4.98 Å². The van der Waals surface area contributed by atoms with E-state index in [2.05, 4.69) is 10.3 Å². The van der Waals surface area contributed by atoms with E-state index < -0.39 is 17.5 Å². The van der Waals surface area contributed by atoms with E-state index in [0.717, 1.165) is 23.4 Å². The van der Waals surface area contributed by atoms with Crippen LogP contribution >= 0.6 is 0 Å². The fraction of sp³-hybridized carbons (Fsp3) is 0.312.